The summed E-state index contributed by atoms with van der Waals surface area (Å²) in [6.07, 6.45) is 0. The molecule has 0 radical (unpaired) electrons. The molecular formula is C24H25N. The molecule has 0 aliphatic heterocycles. The molecule has 0 heterocycles. The van der Waals surface area contributed by atoms with Gasteiger partial charge >= 0.3 is 0 Å². The lowest BCUT2D eigenvalue weighted by atomic mass is 9.97. The SMILES string of the molecule is C=C(C)C(c1ccccc1)N(Cc1ccccc1)Cc1ccccc1. The molecule has 3 rings (SSSR count). The van der Waals surface area contributed by atoms with E-state index in [0.29, 0.717) is 0 Å². The molecule has 0 bridgehead atoms. The first-order valence-electron chi connectivity index (χ1n) is 8.76. The molecule has 1 atom stereocenters. The second-order valence-electron chi connectivity index (χ2n) is 6.54. The Kier molecular flexibility index (Phi) is 5.81. The first-order valence-corrected chi connectivity index (χ1v) is 8.76. The highest BCUT2D eigenvalue weighted by Crippen LogP contribution is 2.30. The Hall–Kier alpha value is -2.64. The second-order valence-corrected chi connectivity index (χ2v) is 6.54. The van der Waals surface area contributed by atoms with Crippen LogP contribution < -0.4 is 0 Å². The van der Waals surface area contributed by atoms with Crippen molar-refractivity contribution in [1.29, 1.82) is 0 Å². The number of nitrogens with zero attached hydrogens (tertiary/aromatic N) is 1. The first-order chi connectivity index (χ1) is 12.2. The van der Waals surface area contributed by atoms with E-state index >= 15 is 0 Å². The van der Waals surface area contributed by atoms with E-state index in [4.69, 9.17) is 0 Å². The molecule has 0 aliphatic carbocycles. The molecule has 0 spiro atoms. The largest absolute Gasteiger partial charge is 0.284 e. The maximum Gasteiger partial charge on any atom is 0.0562 e. The maximum absolute atomic E-state index is 4.29. The Morgan fingerprint density at radius 2 is 1.12 bits per heavy atom. The van der Waals surface area contributed by atoms with E-state index in [1.165, 1.54) is 16.7 Å². The third kappa shape index (κ3) is 4.68. The zero-order chi connectivity index (χ0) is 17.5. The van der Waals surface area contributed by atoms with E-state index in [2.05, 4.69) is 109 Å². The van der Waals surface area contributed by atoms with Crippen LogP contribution in [0.15, 0.2) is 103 Å². The minimum absolute atomic E-state index is 0.196. The molecule has 25 heavy (non-hydrogen) atoms. The molecule has 0 aliphatic rings. The third-order valence-corrected chi connectivity index (χ3v) is 4.40. The van der Waals surface area contributed by atoms with E-state index in [9.17, 15) is 0 Å². The Morgan fingerprint density at radius 1 is 0.720 bits per heavy atom. The predicted molar refractivity (Wildman–Crippen MR) is 106 cm³/mol. The molecule has 1 heteroatoms. The van der Waals surface area contributed by atoms with Gasteiger partial charge in [0.05, 0.1) is 6.04 Å². The van der Waals surface area contributed by atoms with Crippen LogP contribution in [0.1, 0.15) is 29.7 Å². The third-order valence-electron chi connectivity index (χ3n) is 4.40. The first kappa shape index (κ1) is 17.2. The van der Waals surface area contributed by atoms with Gasteiger partial charge < -0.3 is 0 Å². The quantitative estimate of drug-likeness (QED) is 0.481. The van der Waals surface area contributed by atoms with Gasteiger partial charge in [0.15, 0.2) is 0 Å². The minimum atomic E-state index is 0.196. The van der Waals surface area contributed by atoms with Crippen molar-refractivity contribution in [1.82, 2.24) is 4.90 Å². The highest BCUT2D eigenvalue weighted by molar-refractivity contribution is 5.28. The predicted octanol–water partition coefficient (Wildman–Crippen LogP) is 6.01. The van der Waals surface area contributed by atoms with Crippen molar-refractivity contribution in [3.8, 4) is 0 Å². The lowest BCUT2D eigenvalue weighted by Gasteiger charge is -2.33. The van der Waals surface area contributed by atoms with E-state index in [1.54, 1.807) is 0 Å². The van der Waals surface area contributed by atoms with Crippen molar-refractivity contribution in [2.45, 2.75) is 26.1 Å². The van der Waals surface area contributed by atoms with Gasteiger partial charge in [0, 0.05) is 13.1 Å². The standard InChI is InChI=1S/C24H25N/c1-20(2)24(23-16-10-5-11-17-23)25(18-21-12-6-3-7-13-21)19-22-14-8-4-9-15-22/h3-17,24H,1,18-19H2,2H3. The van der Waals surface area contributed by atoms with Gasteiger partial charge in [-0.25, -0.2) is 0 Å². The van der Waals surface area contributed by atoms with Crippen molar-refractivity contribution in [2.24, 2.45) is 0 Å². The van der Waals surface area contributed by atoms with Crippen LogP contribution in [0.2, 0.25) is 0 Å². The normalized spacial score (nSPS) is 12.1. The molecule has 0 amide bonds. The van der Waals surface area contributed by atoms with Crippen LogP contribution in [0.3, 0.4) is 0 Å². The molecule has 126 valence electrons. The van der Waals surface area contributed by atoms with Crippen LogP contribution in [-0.4, -0.2) is 4.90 Å². The summed E-state index contributed by atoms with van der Waals surface area (Å²) >= 11 is 0. The Bertz CT molecular complexity index is 737. The fraction of sp³-hybridized carbons (Fsp3) is 0.167. The van der Waals surface area contributed by atoms with Crippen LogP contribution in [-0.2, 0) is 13.1 Å². The molecule has 0 saturated heterocycles. The van der Waals surface area contributed by atoms with Crippen molar-refractivity contribution >= 4 is 0 Å². The van der Waals surface area contributed by atoms with Crippen LogP contribution in [0, 0.1) is 0 Å². The lowest BCUT2D eigenvalue weighted by Crippen LogP contribution is -2.28. The molecule has 0 aromatic heterocycles. The van der Waals surface area contributed by atoms with Crippen molar-refractivity contribution in [2.75, 3.05) is 0 Å². The zero-order valence-corrected chi connectivity index (χ0v) is 14.8. The lowest BCUT2D eigenvalue weighted by molar-refractivity contribution is 0.204. The van der Waals surface area contributed by atoms with Gasteiger partial charge in [0.2, 0.25) is 0 Å². The maximum atomic E-state index is 4.29. The molecular weight excluding hydrogens is 302 g/mol. The summed E-state index contributed by atoms with van der Waals surface area (Å²) in [6, 6.07) is 32.2. The molecule has 3 aromatic rings. The topological polar surface area (TPSA) is 3.24 Å². The number of hydrogen-bond acceptors (Lipinski definition) is 1. The minimum Gasteiger partial charge on any atom is -0.284 e. The van der Waals surface area contributed by atoms with E-state index < -0.39 is 0 Å². The fourth-order valence-electron chi connectivity index (χ4n) is 3.32. The highest BCUT2D eigenvalue weighted by atomic mass is 15.2. The number of rotatable bonds is 7. The summed E-state index contributed by atoms with van der Waals surface area (Å²) in [4.78, 5) is 2.50. The van der Waals surface area contributed by atoms with Gasteiger partial charge in [-0.2, -0.15) is 0 Å². The van der Waals surface area contributed by atoms with Crippen molar-refractivity contribution in [3.05, 3.63) is 120 Å². The fourth-order valence-corrected chi connectivity index (χ4v) is 3.32. The van der Waals surface area contributed by atoms with Gasteiger partial charge in [-0.05, 0) is 23.6 Å². The summed E-state index contributed by atoms with van der Waals surface area (Å²) in [5.74, 6) is 0. The summed E-state index contributed by atoms with van der Waals surface area (Å²) < 4.78 is 0. The monoisotopic (exact) mass is 327 g/mol. The molecule has 3 aromatic carbocycles. The van der Waals surface area contributed by atoms with Crippen LogP contribution in [0.25, 0.3) is 0 Å². The smallest absolute Gasteiger partial charge is 0.0562 e. The summed E-state index contributed by atoms with van der Waals surface area (Å²) in [6.45, 7) is 8.20. The van der Waals surface area contributed by atoms with Gasteiger partial charge in [-0.3, -0.25) is 4.90 Å². The number of benzene rings is 3. The van der Waals surface area contributed by atoms with Crippen LogP contribution >= 0.6 is 0 Å². The Morgan fingerprint density at radius 3 is 1.52 bits per heavy atom. The van der Waals surface area contributed by atoms with E-state index in [0.717, 1.165) is 18.7 Å². The summed E-state index contributed by atoms with van der Waals surface area (Å²) in [7, 11) is 0. The molecule has 1 nitrogen and oxygen atoms in total. The van der Waals surface area contributed by atoms with Crippen LogP contribution in [0.5, 0.6) is 0 Å². The average molecular weight is 327 g/mol. The van der Waals surface area contributed by atoms with Gasteiger partial charge in [0.1, 0.15) is 0 Å². The highest BCUT2D eigenvalue weighted by Gasteiger charge is 2.21. The van der Waals surface area contributed by atoms with Gasteiger partial charge in [-0.1, -0.05) is 103 Å². The second kappa shape index (κ2) is 8.46. The van der Waals surface area contributed by atoms with Gasteiger partial charge in [0.25, 0.3) is 0 Å². The Labute approximate surface area is 151 Å². The Balaban J connectivity index is 1.94. The van der Waals surface area contributed by atoms with Crippen molar-refractivity contribution < 1.29 is 0 Å². The zero-order valence-electron chi connectivity index (χ0n) is 14.8. The van der Waals surface area contributed by atoms with Crippen molar-refractivity contribution in [3.63, 3.8) is 0 Å². The summed E-state index contributed by atoms with van der Waals surface area (Å²) in [5.41, 5.74) is 5.10. The molecule has 0 saturated carbocycles. The molecule has 0 N–H and O–H groups in total. The van der Waals surface area contributed by atoms with Gasteiger partial charge in [-0.15, -0.1) is 0 Å². The number of hydrogen-bond donors (Lipinski definition) is 0. The summed E-state index contributed by atoms with van der Waals surface area (Å²) in [5, 5.41) is 0. The van der Waals surface area contributed by atoms with E-state index in [1.807, 2.05) is 0 Å². The molecule has 0 fully saturated rings. The average Bonchev–Trinajstić information content (AvgIpc) is 2.64. The van der Waals surface area contributed by atoms with Crippen LogP contribution in [0.4, 0.5) is 0 Å². The van der Waals surface area contributed by atoms with E-state index in [-0.39, 0.29) is 6.04 Å². The molecule has 1 unspecified atom stereocenters.